The monoisotopic (exact) mass is 557 g/mol. The largest absolute Gasteiger partial charge is 0.478 e. The molecule has 41 heavy (non-hydrogen) atoms. The van der Waals surface area contributed by atoms with Gasteiger partial charge in [-0.05, 0) is 78.1 Å². The zero-order valence-corrected chi connectivity index (χ0v) is 22.0. The van der Waals surface area contributed by atoms with Gasteiger partial charge in [0.1, 0.15) is 13.2 Å². The number of rotatable bonds is 12. The SMILES string of the molecule is Cc1ccc(C(=O)O)c(C(=O)Nc2ccc(Cc3ccc(NOCc4cc([N+](=O)[O-])ccc4COO)cc3)cc2)c1. The van der Waals surface area contributed by atoms with Gasteiger partial charge in [-0.25, -0.2) is 9.68 Å². The smallest absolute Gasteiger partial charge is 0.336 e. The summed E-state index contributed by atoms with van der Waals surface area (Å²) in [5.74, 6) is -1.66. The second-order valence-corrected chi connectivity index (χ2v) is 9.25. The fraction of sp³-hybridized carbons (Fsp3) is 0.133. The maximum atomic E-state index is 12.7. The molecule has 11 heteroatoms. The maximum Gasteiger partial charge on any atom is 0.336 e. The molecule has 0 fully saturated rings. The number of nitro groups is 1. The van der Waals surface area contributed by atoms with Crippen LogP contribution in [0.15, 0.2) is 84.9 Å². The third kappa shape index (κ3) is 7.73. The summed E-state index contributed by atoms with van der Waals surface area (Å²) in [5, 5.41) is 32.0. The second kappa shape index (κ2) is 13.3. The van der Waals surface area contributed by atoms with Gasteiger partial charge < -0.3 is 10.4 Å². The number of amides is 1. The molecule has 11 nitrogen and oxygen atoms in total. The number of anilines is 2. The predicted octanol–water partition coefficient (Wildman–Crippen LogP) is 5.98. The molecule has 0 aromatic heterocycles. The van der Waals surface area contributed by atoms with Crippen molar-refractivity contribution in [2.24, 2.45) is 0 Å². The van der Waals surface area contributed by atoms with Crippen LogP contribution in [0.5, 0.6) is 0 Å². The number of carbonyl (C=O) groups excluding carboxylic acids is 1. The van der Waals surface area contributed by atoms with Gasteiger partial charge >= 0.3 is 5.97 Å². The van der Waals surface area contributed by atoms with Gasteiger partial charge in [0.15, 0.2) is 0 Å². The highest BCUT2D eigenvalue weighted by Crippen LogP contribution is 2.21. The van der Waals surface area contributed by atoms with E-state index < -0.39 is 16.8 Å². The highest BCUT2D eigenvalue weighted by atomic mass is 17.1. The van der Waals surface area contributed by atoms with Gasteiger partial charge in [-0.2, -0.15) is 0 Å². The molecule has 4 rings (SSSR count). The fourth-order valence-corrected chi connectivity index (χ4v) is 4.13. The Morgan fingerprint density at radius 2 is 1.49 bits per heavy atom. The molecule has 0 heterocycles. The van der Waals surface area contributed by atoms with Crippen LogP contribution in [0.1, 0.15) is 48.5 Å². The van der Waals surface area contributed by atoms with Crippen molar-refractivity contribution in [1.82, 2.24) is 0 Å². The number of carboxylic acids is 1. The molecule has 0 radical (unpaired) electrons. The van der Waals surface area contributed by atoms with Crippen LogP contribution in [0.3, 0.4) is 0 Å². The summed E-state index contributed by atoms with van der Waals surface area (Å²) in [5.41, 5.74) is 7.85. The fourth-order valence-electron chi connectivity index (χ4n) is 4.13. The number of carboxylic acid groups (broad SMARTS) is 1. The minimum absolute atomic E-state index is 0.00646. The number of nitro benzene ring substituents is 1. The Labute approximate surface area is 235 Å². The number of aromatic carboxylic acids is 1. The Morgan fingerprint density at radius 1 is 0.829 bits per heavy atom. The molecule has 4 aromatic rings. The molecule has 0 atom stereocenters. The third-order valence-electron chi connectivity index (χ3n) is 6.26. The maximum absolute atomic E-state index is 12.7. The molecule has 4 N–H and O–H groups in total. The zero-order valence-electron chi connectivity index (χ0n) is 22.0. The molecular weight excluding hydrogens is 530 g/mol. The minimum atomic E-state index is -1.16. The van der Waals surface area contributed by atoms with E-state index in [-0.39, 0.29) is 30.0 Å². The predicted molar refractivity (Wildman–Crippen MR) is 151 cm³/mol. The van der Waals surface area contributed by atoms with Gasteiger partial charge in [0.05, 0.1) is 21.7 Å². The Kier molecular flexibility index (Phi) is 9.38. The van der Waals surface area contributed by atoms with Gasteiger partial charge in [0.2, 0.25) is 0 Å². The topological polar surface area (TPSA) is 160 Å². The lowest BCUT2D eigenvalue weighted by atomic mass is 10.0. The number of benzene rings is 4. The lowest BCUT2D eigenvalue weighted by molar-refractivity contribution is -0.385. The van der Waals surface area contributed by atoms with E-state index in [2.05, 4.69) is 15.7 Å². The number of non-ortho nitro benzene ring substituents is 1. The molecule has 0 bridgehead atoms. The van der Waals surface area contributed by atoms with E-state index >= 15 is 0 Å². The summed E-state index contributed by atoms with van der Waals surface area (Å²) in [6, 6.07) is 23.6. The van der Waals surface area contributed by atoms with Crippen molar-refractivity contribution in [2.45, 2.75) is 26.6 Å². The summed E-state index contributed by atoms with van der Waals surface area (Å²) >= 11 is 0. The average molecular weight is 558 g/mol. The summed E-state index contributed by atoms with van der Waals surface area (Å²) in [7, 11) is 0. The molecule has 0 saturated heterocycles. The van der Waals surface area contributed by atoms with Crippen molar-refractivity contribution in [3.8, 4) is 0 Å². The molecule has 210 valence electrons. The van der Waals surface area contributed by atoms with Crippen LogP contribution in [0, 0.1) is 17.0 Å². The van der Waals surface area contributed by atoms with E-state index in [1.54, 1.807) is 31.2 Å². The quantitative estimate of drug-likeness (QED) is 0.0933. The highest BCUT2D eigenvalue weighted by Gasteiger charge is 2.17. The molecule has 0 aliphatic rings. The van der Waals surface area contributed by atoms with Crippen molar-refractivity contribution in [1.29, 1.82) is 0 Å². The number of carbonyl (C=O) groups is 2. The molecule has 4 aromatic carbocycles. The lowest BCUT2D eigenvalue weighted by Crippen LogP contribution is -2.16. The van der Waals surface area contributed by atoms with Crippen LogP contribution in [-0.2, 0) is 29.4 Å². The Bertz CT molecular complexity index is 1550. The molecule has 0 aliphatic carbocycles. The van der Waals surface area contributed by atoms with E-state index in [1.807, 2.05) is 36.4 Å². The first-order valence-corrected chi connectivity index (χ1v) is 12.5. The Hall–Kier alpha value is -5.10. The van der Waals surface area contributed by atoms with Gasteiger partial charge in [0.25, 0.3) is 11.6 Å². The van der Waals surface area contributed by atoms with Gasteiger partial charge in [0, 0.05) is 17.8 Å². The highest BCUT2D eigenvalue weighted by molar-refractivity contribution is 6.10. The molecule has 0 aliphatic heterocycles. The number of nitrogens with one attached hydrogen (secondary N) is 2. The molecule has 0 saturated carbocycles. The van der Waals surface area contributed by atoms with Crippen LogP contribution in [-0.4, -0.2) is 27.2 Å². The van der Waals surface area contributed by atoms with E-state index in [1.165, 1.54) is 24.3 Å². The van der Waals surface area contributed by atoms with Crippen LogP contribution >= 0.6 is 0 Å². The zero-order chi connectivity index (χ0) is 29.4. The Balaban J connectivity index is 1.32. The van der Waals surface area contributed by atoms with Crippen molar-refractivity contribution in [3.63, 3.8) is 0 Å². The van der Waals surface area contributed by atoms with Crippen molar-refractivity contribution >= 4 is 28.9 Å². The van der Waals surface area contributed by atoms with Gasteiger partial charge in [-0.15, -0.1) is 0 Å². The minimum Gasteiger partial charge on any atom is -0.478 e. The Morgan fingerprint density at radius 3 is 2.10 bits per heavy atom. The second-order valence-electron chi connectivity index (χ2n) is 9.25. The van der Waals surface area contributed by atoms with Gasteiger partial charge in [-0.1, -0.05) is 35.9 Å². The van der Waals surface area contributed by atoms with E-state index in [0.717, 1.165) is 16.7 Å². The number of hydrogen-bond acceptors (Lipinski definition) is 8. The van der Waals surface area contributed by atoms with Crippen LogP contribution in [0.2, 0.25) is 0 Å². The average Bonchev–Trinajstić information content (AvgIpc) is 2.95. The van der Waals surface area contributed by atoms with Crippen molar-refractivity contribution < 1.29 is 34.6 Å². The summed E-state index contributed by atoms with van der Waals surface area (Å²) in [6.07, 6.45) is 0.634. The van der Waals surface area contributed by atoms with Gasteiger partial charge in [-0.3, -0.25) is 30.5 Å². The summed E-state index contributed by atoms with van der Waals surface area (Å²) in [6.45, 7) is 1.67. The summed E-state index contributed by atoms with van der Waals surface area (Å²) in [4.78, 5) is 44.4. The number of nitrogens with zero attached hydrogens (tertiary/aromatic N) is 1. The van der Waals surface area contributed by atoms with E-state index in [4.69, 9.17) is 10.1 Å². The molecule has 0 spiro atoms. The van der Waals surface area contributed by atoms with Crippen molar-refractivity contribution in [2.75, 3.05) is 10.8 Å². The third-order valence-corrected chi connectivity index (χ3v) is 6.26. The molecular formula is C30H27N3O8. The standard InChI is InChI=1S/C30H27N3O8/c1-19-2-13-27(30(35)36)28(14-19)29(34)31-24-8-3-20(4-9-24)15-21-5-10-25(11-6-21)32-40-17-23-16-26(33(37)38)12-7-22(23)18-41-39/h2-14,16,32,39H,15,17-18H2,1H3,(H,31,34)(H,35,36). The summed E-state index contributed by atoms with van der Waals surface area (Å²) < 4.78 is 0. The lowest BCUT2D eigenvalue weighted by Gasteiger charge is -2.11. The van der Waals surface area contributed by atoms with E-state index in [0.29, 0.717) is 28.9 Å². The molecule has 0 unspecified atom stereocenters. The van der Waals surface area contributed by atoms with Crippen molar-refractivity contribution in [3.05, 3.63) is 134 Å². The van der Waals surface area contributed by atoms with Crippen LogP contribution in [0.4, 0.5) is 17.1 Å². The van der Waals surface area contributed by atoms with Crippen LogP contribution < -0.4 is 10.8 Å². The number of hydrogen-bond donors (Lipinski definition) is 4. The normalized spacial score (nSPS) is 10.7. The van der Waals surface area contributed by atoms with E-state index in [9.17, 15) is 24.8 Å². The first-order chi connectivity index (χ1) is 19.7. The first-order valence-electron chi connectivity index (χ1n) is 12.5. The first kappa shape index (κ1) is 28.9. The number of aryl methyl sites for hydroxylation is 1. The van der Waals surface area contributed by atoms with Crippen LogP contribution in [0.25, 0.3) is 0 Å². The molecule has 1 amide bonds.